The highest BCUT2D eigenvalue weighted by atomic mass is 19.4. The lowest BCUT2D eigenvalue weighted by Crippen LogP contribution is -2.38. The fraction of sp³-hybridized carbons (Fsp3) is 0.412. The van der Waals surface area contributed by atoms with Crippen LogP contribution in [0.4, 0.5) is 13.2 Å². The Morgan fingerprint density at radius 2 is 1.84 bits per heavy atom. The van der Waals surface area contributed by atoms with Crippen molar-refractivity contribution in [1.82, 2.24) is 19.4 Å². The zero-order chi connectivity index (χ0) is 18.6. The van der Waals surface area contributed by atoms with Gasteiger partial charge < -0.3 is 9.47 Å². The first kappa shape index (κ1) is 19.0. The Kier molecular flexibility index (Phi) is 5.84. The minimum absolute atomic E-state index is 0.113. The van der Waals surface area contributed by atoms with Crippen molar-refractivity contribution in [3.63, 3.8) is 0 Å². The molecular weight excluding hydrogens is 333 g/mol. The van der Waals surface area contributed by atoms with E-state index < -0.39 is 18.8 Å². The molecule has 0 fully saturated rings. The first-order valence-corrected chi connectivity index (χ1v) is 7.72. The van der Waals surface area contributed by atoms with E-state index in [0.29, 0.717) is 0 Å². The molecule has 25 heavy (non-hydrogen) atoms. The highest BCUT2D eigenvalue weighted by Gasteiger charge is 2.31. The second kappa shape index (κ2) is 7.69. The number of carbonyl (C=O) groups is 1. The van der Waals surface area contributed by atoms with Crippen LogP contribution in [0.25, 0.3) is 0 Å². The minimum atomic E-state index is -4.33. The summed E-state index contributed by atoms with van der Waals surface area (Å²) in [6.45, 7) is -0.990. The van der Waals surface area contributed by atoms with E-state index in [2.05, 4.69) is 4.98 Å². The van der Waals surface area contributed by atoms with Crippen molar-refractivity contribution in [2.75, 3.05) is 21.1 Å². The molecule has 0 bridgehead atoms. The number of hydrogen-bond donors (Lipinski definition) is 0. The number of hydrogen-bond acceptors (Lipinski definition) is 3. The summed E-state index contributed by atoms with van der Waals surface area (Å²) in [5.41, 5.74) is 0.776. The summed E-state index contributed by atoms with van der Waals surface area (Å²) in [4.78, 5) is 19.8. The molecule has 0 aliphatic rings. The lowest BCUT2D eigenvalue weighted by atomic mass is 10.0. The second-order valence-electron chi connectivity index (χ2n) is 6.05. The van der Waals surface area contributed by atoms with Crippen LogP contribution in [0.1, 0.15) is 17.4 Å². The molecule has 5 nitrogen and oxygen atoms in total. The molecule has 1 atom stereocenters. The molecule has 8 heteroatoms. The Morgan fingerprint density at radius 1 is 1.20 bits per heavy atom. The average Bonchev–Trinajstić information content (AvgIpc) is 2.93. The number of imidazole rings is 1. The first-order valence-electron chi connectivity index (χ1n) is 7.72. The van der Waals surface area contributed by atoms with Crippen LogP contribution >= 0.6 is 0 Å². The third-order valence-electron chi connectivity index (χ3n) is 3.77. The number of carbonyl (C=O) groups excluding carboxylic acids is 1. The zero-order valence-electron chi connectivity index (χ0n) is 14.4. The third-order valence-corrected chi connectivity index (χ3v) is 3.77. The van der Waals surface area contributed by atoms with Crippen LogP contribution in [-0.4, -0.2) is 52.6 Å². The molecule has 136 valence electrons. The number of rotatable bonds is 6. The molecule has 1 amide bonds. The molecule has 0 N–H and O–H groups in total. The van der Waals surface area contributed by atoms with Gasteiger partial charge in [-0.3, -0.25) is 9.69 Å². The van der Waals surface area contributed by atoms with Gasteiger partial charge in [-0.05, 0) is 12.6 Å². The number of benzene rings is 1. The van der Waals surface area contributed by atoms with Gasteiger partial charge in [0.05, 0.1) is 6.54 Å². The lowest BCUT2D eigenvalue weighted by molar-refractivity contribution is -0.141. The monoisotopic (exact) mass is 354 g/mol. The fourth-order valence-electron chi connectivity index (χ4n) is 2.61. The molecule has 2 aromatic rings. The largest absolute Gasteiger partial charge is 0.406 e. The van der Waals surface area contributed by atoms with Crippen LogP contribution in [0, 0.1) is 0 Å². The predicted molar refractivity (Wildman–Crippen MR) is 87.6 cm³/mol. The van der Waals surface area contributed by atoms with Crippen LogP contribution in [0.5, 0.6) is 0 Å². The van der Waals surface area contributed by atoms with Crippen molar-refractivity contribution in [3.8, 4) is 0 Å². The predicted octanol–water partition coefficient (Wildman–Crippen LogP) is 2.71. The Labute approximate surface area is 144 Å². The van der Waals surface area contributed by atoms with E-state index in [1.807, 2.05) is 30.3 Å². The first-order chi connectivity index (χ1) is 11.7. The third kappa shape index (κ3) is 5.06. The minimum Gasteiger partial charge on any atom is -0.347 e. The number of aromatic nitrogens is 2. The van der Waals surface area contributed by atoms with Crippen LogP contribution in [0.2, 0.25) is 0 Å². The number of nitrogens with zero attached hydrogens (tertiary/aromatic N) is 4. The number of halogens is 3. The van der Waals surface area contributed by atoms with Crippen molar-refractivity contribution in [2.45, 2.75) is 25.3 Å². The van der Waals surface area contributed by atoms with Gasteiger partial charge in [-0.15, -0.1) is 0 Å². The van der Waals surface area contributed by atoms with Gasteiger partial charge >= 0.3 is 6.18 Å². The van der Waals surface area contributed by atoms with E-state index in [1.54, 1.807) is 26.0 Å². The molecule has 2 rings (SSSR count). The molecule has 1 heterocycles. The van der Waals surface area contributed by atoms with Gasteiger partial charge in [-0.1, -0.05) is 30.3 Å². The molecule has 0 aliphatic heterocycles. The summed E-state index contributed by atoms with van der Waals surface area (Å²) < 4.78 is 39.1. The fourth-order valence-corrected chi connectivity index (χ4v) is 2.61. The SMILES string of the molecule is CN(C)C(=O)C(c1ccccc1)N(C)Cc1nccn1CC(F)(F)F. The van der Waals surface area contributed by atoms with E-state index in [4.69, 9.17) is 0 Å². The Balaban J connectivity index is 2.25. The van der Waals surface area contributed by atoms with Gasteiger partial charge in [0, 0.05) is 26.5 Å². The Bertz CT molecular complexity index is 697. The summed E-state index contributed by atoms with van der Waals surface area (Å²) in [6.07, 6.45) is -1.70. The van der Waals surface area contributed by atoms with Gasteiger partial charge in [0.2, 0.25) is 5.91 Å². The van der Waals surface area contributed by atoms with Gasteiger partial charge in [0.25, 0.3) is 0 Å². The number of amides is 1. The van der Waals surface area contributed by atoms with Crippen molar-refractivity contribution in [1.29, 1.82) is 0 Å². The highest BCUT2D eigenvalue weighted by Crippen LogP contribution is 2.24. The summed E-state index contributed by atoms with van der Waals surface area (Å²) in [5.74, 6) is 0.106. The van der Waals surface area contributed by atoms with Crippen LogP contribution in [-0.2, 0) is 17.9 Å². The van der Waals surface area contributed by atoms with E-state index in [-0.39, 0.29) is 18.3 Å². The molecule has 1 aromatic carbocycles. The summed E-state index contributed by atoms with van der Waals surface area (Å²) in [6, 6.07) is 8.53. The Morgan fingerprint density at radius 3 is 2.40 bits per heavy atom. The van der Waals surface area contributed by atoms with Crippen molar-refractivity contribution in [2.24, 2.45) is 0 Å². The van der Waals surface area contributed by atoms with Gasteiger partial charge in [0.1, 0.15) is 18.4 Å². The average molecular weight is 354 g/mol. The van der Waals surface area contributed by atoms with Crippen molar-refractivity contribution >= 4 is 5.91 Å². The van der Waals surface area contributed by atoms with Crippen LogP contribution in [0.15, 0.2) is 42.7 Å². The van der Waals surface area contributed by atoms with Crippen LogP contribution < -0.4 is 0 Å². The number of alkyl halides is 3. The van der Waals surface area contributed by atoms with Crippen LogP contribution in [0.3, 0.4) is 0 Å². The smallest absolute Gasteiger partial charge is 0.347 e. The van der Waals surface area contributed by atoms with E-state index in [9.17, 15) is 18.0 Å². The maximum absolute atomic E-state index is 12.7. The normalized spacial score (nSPS) is 13.1. The zero-order valence-corrected chi connectivity index (χ0v) is 14.4. The van der Waals surface area contributed by atoms with Gasteiger partial charge in [-0.2, -0.15) is 13.2 Å². The second-order valence-corrected chi connectivity index (χ2v) is 6.05. The topological polar surface area (TPSA) is 41.4 Å². The molecule has 1 aromatic heterocycles. The Hall–Kier alpha value is -2.35. The quantitative estimate of drug-likeness (QED) is 0.801. The molecular formula is C17H21F3N4O. The molecule has 0 spiro atoms. The summed E-state index contributed by atoms with van der Waals surface area (Å²) in [7, 11) is 5.00. The summed E-state index contributed by atoms with van der Waals surface area (Å²) >= 11 is 0. The van der Waals surface area contributed by atoms with E-state index in [1.165, 1.54) is 17.3 Å². The van der Waals surface area contributed by atoms with Gasteiger partial charge in [-0.25, -0.2) is 4.98 Å². The van der Waals surface area contributed by atoms with Gasteiger partial charge in [0.15, 0.2) is 0 Å². The van der Waals surface area contributed by atoms with E-state index in [0.717, 1.165) is 10.1 Å². The van der Waals surface area contributed by atoms with Crippen molar-refractivity contribution < 1.29 is 18.0 Å². The summed E-state index contributed by atoms with van der Waals surface area (Å²) in [5, 5.41) is 0. The molecule has 0 saturated heterocycles. The molecule has 0 saturated carbocycles. The van der Waals surface area contributed by atoms with E-state index >= 15 is 0 Å². The standard InChI is InChI=1S/C17H21F3N4O/c1-22(2)16(25)15(13-7-5-4-6-8-13)23(3)11-14-21-9-10-24(14)12-17(18,19)20/h4-10,15H,11-12H2,1-3H3. The lowest BCUT2D eigenvalue weighted by Gasteiger charge is -2.29. The molecule has 1 unspecified atom stereocenters. The number of likely N-dealkylation sites (N-methyl/N-ethyl adjacent to an activating group) is 2. The molecule has 0 aliphatic carbocycles. The maximum Gasteiger partial charge on any atom is 0.406 e. The highest BCUT2D eigenvalue weighted by molar-refractivity contribution is 5.82. The molecule has 0 radical (unpaired) electrons. The maximum atomic E-state index is 12.7. The van der Waals surface area contributed by atoms with Crippen molar-refractivity contribution in [3.05, 3.63) is 54.1 Å².